The van der Waals surface area contributed by atoms with Crippen LogP contribution in [0.1, 0.15) is 97.5 Å². The Morgan fingerprint density at radius 2 is 0.955 bits per heavy atom. The number of amides is 7. The molecule has 0 spiro atoms. The molecule has 0 aliphatic heterocycles. The minimum absolute atomic E-state index is 0.00477. The Bertz CT molecular complexity index is 1760. The first-order chi connectivity index (χ1) is 31.7. The molecule has 9 atom stereocenters. The average molecular weight is 951 g/mol. The topological polar surface area (TPSA) is 397 Å². The maximum Gasteiger partial charge on any atom is 0.326 e. The molecule has 0 fully saturated rings. The molecule has 7 amide bonds. The lowest BCUT2D eigenvalue weighted by Gasteiger charge is -2.28. The Kier molecular flexibility index (Phi) is 28.3. The molecular formula is C44H74N10O13. The normalized spacial score (nSPS) is 15.2. The number of carbonyl (C=O) groups excluding carboxylic acids is 7. The van der Waals surface area contributed by atoms with Gasteiger partial charge < -0.3 is 74.8 Å². The summed E-state index contributed by atoms with van der Waals surface area (Å²) in [5.41, 5.74) is 18.3. The molecule has 0 aromatic heterocycles. The molecule has 1 aromatic carbocycles. The maximum absolute atomic E-state index is 13.9. The van der Waals surface area contributed by atoms with Crippen molar-refractivity contribution in [1.82, 2.24) is 37.2 Å². The molecule has 17 N–H and O–H groups in total. The van der Waals surface area contributed by atoms with Crippen molar-refractivity contribution < 1.29 is 63.6 Å². The van der Waals surface area contributed by atoms with E-state index in [1.54, 1.807) is 52.0 Å². The standard InChI is InChI=1S/C44H74N10O13/c1-5-26(4)36(44(66)67)54-40(62)31(17-18-35(57)58)50-43(65)34(24-56)53-41(63)32(21-25(2)3)51-38(60)30(16-10-12-20-46)49-42(64)33(23-55)52-39(61)29(15-9-11-19-45)48-37(59)28(47)22-27-13-7-6-8-14-27/h6-8,13-14,25-26,28-34,36,55-56H,5,9-12,15-24,45-47H2,1-4H3,(H,48,59)(H,49,64)(H,50,65)(H,51,60)(H,52,61)(H,53,63)(H,54,62)(H,57,58)(H,66,67)/t26-,28-,29-,30-,31-,32-,33-,34-,36-/m0/s1. The van der Waals surface area contributed by atoms with E-state index >= 15 is 0 Å². The summed E-state index contributed by atoms with van der Waals surface area (Å²) >= 11 is 0. The Labute approximate surface area is 391 Å². The van der Waals surface area contributed by atoms with E-state index in [2.05, 4.69) is 37.2 Å². The van der Waals surface area contributed by atoms with Crippen LogP contribution in [0.5, 0.6) is 0 Å². The Morgan fingerprint density at radius 1 is 0.552 bits per heavy atom. The van der Waals surface area contributed by atoms with Gasteiger partial charge in [-0.05, 0) is 88.3 Å². The van der Waals surface area contributed by atoms with Gasteiger partial charge in [0.15, 0.2) is 0 Å². The monoisotopic (exact) mass is 951 g/mol. The fourth-order valence-electron chi connectivity index (χ4n) is 6.69. The number of unbranched alkanes of at least 4 members (excludes halogenated alkanes) is 2. The molecule has 0 saturated heterocycles. The van der Waals surface area contributed by atoms with E-state index in [0.29, 0.717) is 38.6 Å². The Hall–Kier alpha value is -5.75. The number of carboxylic acids is 2. The van der Waals surface area contributed by atoms with Crippen molar-refractivity contribution in [3.8, 4) is 0 Å². The quantitative estimate of drug-likeness (QED) is 0.0311. The van der Waals surface area contributed by atoms with Crippen molar-refractivity contribution in [3.63, 3.8) is 0 Å². The second-order valence-electron chi connectivity index (χ2n) is 16.9. The number of nitrogens with two attached hydrogens (primary N) is 3. The van der Waals surface area contributed by atoms with Crippen LogP contribution >= 0.6 is 0 Å². The number of aliphatic hydroxyl groups excluding tert-OH is 2. The molecule has 23 nitrogen and oxygen atoms in total. The predicted octanol–water partition coefficient (Wildman–Crippen LogP) is -2.77. The molecule has 1 rings (SSSR count). The highest BCUT2D eigenvalue weighted by Gasteiger charge is 2.35. The second kappa shape index (κ2) is 32.0. The first-order valence-corrected chi connectivity index (χ1v) is 22.7. The first-order valence-electron chi connectivity index (χ1n) is 22.7. The average Bonchev–Trinajstić information content (AvgIpc) is 3.28. The molecule has 67 heavy (non-hydrogen) atoms. The first kappa shape index (κ1) is 59.3. The lowest BCUT2D eigenvalue weighted by molar-refractivity contribution is -0.144. The van der Waals surface area contributed by atoms with Gasteiger partial charge in [0, 0.05) is 6.42 Å². The number of carbonyl (C=O) groups is 9. The number of nitrogens with one attached hydrogen (secondary N) is 7. The molecule has 0 saturated carbocycles. The smallest absolute Gasteiger partial charge is 0.326 e. The van der Waals surface area contributed by atoms with E-state index in [9.17, 15) is 63.6 Å². The van der Waals surface area contributed by atoms with Crippen LogP contribution in [0, 0.1) is 11.8 Å². The molecule has 378 valence electrons. The van der Waals surface area contributed by atoms with Crippen molar-refractivity contribution in [2.75, 3.05) is 26.3 Å². The van der Waals surface area contributed by atoms with Crippen molar-refractivity contribution in [3.05, 3.63) is 35.9 Å². The van der Waals surface area contributed by atoms with Gasteiger partial charge in [0.05, 0.1) is 19.3 Å². The van der Waals surface area contributed by atoms with Gasteiger partial charge in [-0.25, -0.2) is 4.79 Å². The highest BCUT2D eigenvalue weighted by Crippen LogP contribution is 2.12. The summed E-state index contributed by atoms with van der Waals surface area (Å²) in [7, 11) is 0. The number of aliphatic hydroxyl groups is 2. The number of carboxylic acid groups (broad SMARTS) is 2. The van der Waals surface area contributed by atoms with Crippen LogP contribution in [0.4, 0.5) is 0 Å². The van der Waals surface area contributed by atoms with Gasteiger partial charge in [0.25, 0.3) is 0 Å². The van der Waals surface area contributed by atoms with Gasteiger partial charge in [-0.1, -0.05) is 64.4 Å². The summed E-state index contributed by atoms with van der Waals surface area (Å²) in [4.78, 5) is 118. The summed E-state index contributed by atoms with van der Waals surface area (Å²) in [5.74, 6) is -9.81. The van der Waals surface area contributed by atoms with Crippen LogP contribution in [-0.2, 0) is 49.6 Å². The highest BCUT2D eigenvalue weighted by atomic mass is 16.4. The fraction of sp³-hybridized carbons (Fsp3) is 0.659. The third-order valence-electron chi connectivity index (χ3n) is 10.8. The molecule has 0 aliphatic rings. The van der Waals surface area contributed by atoms with E-state index in [1.165, 1.54) is 0 Å². The largest absolute Gasteiger partial charge is 0.481 e. The summed E-state index contributed by atoms with van der Waals surface area (Å²) in [6.07, 6.45) is 1.28. The molecule has 0 unspecified atom stereocenters. The van der Waals surface area contributed by atoms with Gasteiger partial charge in [-0.3, -0.25) is 38.4 Å². The second-order valence-corrected chi connectivity index (χ2v) is 16.9. The van der Waals surface area contributed by atoms with Gasteiger partial charge in [0.1, 0.15) is 42.3 Å². The van der Waals surface area contributed by atoms with Crippen LogP contribution in [0.2, 0.25) is 0 Å². The zero-order chi connectivity index (χ0) is 50.6. The molecule has 0 aliphatic carbocycles. The number of benzene rings is 1. The molecule has 0 heterocycles. The number of aliphatic carboxylic acids is 2. The molecular weight excluding hydrogens is 877 g/mol. The van der Waals surface area contributed by atoms with E-state index in [4.69, 9.17) is 17.2 Å². The van der Waals surface area contributed by atoms with Gasteiger partial charge in [-0.2, -0.15) is 0 Å². The van der Waals surface area contributed by atoms with E-state index in [0.717, 1.165) is 5.56 Å². The van der Waals surface area contributed by atoms with Gasteiger partial charge >= 0.3 is 11.9 Å². The van der Waals surface area contributed by atoms with Crippen molar-refractivity contribution in [2.24, 2.45) is 29.0 Å². The third kappa shape index (κ3) is 22.5. The van der Waals surface area contributed by atoms with Crippen LogP contribution < -0.4 is 54.4 Å². The van der Waals surface area contributed by atoms with Crippen molar-refractivity contribution in [1.29, 1.82) is 0 Å². The van der Waals surface area contributed by atoms with E-state index in [-0.39, 0.29) is 38.1 Å². The van der Waals surface area contributed by atoms with Gasteiger partial charge in [-0.15, -0.1) is 0 Å². The predicted molar refractivity (Wildman–Crippen MR) is 245 cm³/mol. The Morgan fingerprint density at radius 3 is 1.37 bits per heavy atom. The van der Waals surface area contributed by atoms with E-state index < -0.39 is 134 Å². The summed E-state index contributed by atoms with van der Waals surface area (Å²) in [6.45, 7) is 5.37. The molecule has 1 aromatic rings. The zero-order valence-corrected chi connectivity index (χ0v) is 39.0. The summed E-state index contributed by atoms with van der Waals surface area (Å²) in [6, 6.07) is -2.20. The highest BCUT2D eigenvalue weighted by molar-refractivity contribution is 5.97. The zero-order valence-electron chi connectivity index (χ0n) is 39.0. The number of rotatable bonds is 34. The maximum atomic E-state index is 13.9. The Balaban J connectivity index is 3.26. The number of hydrogen-bond donors (Lipinski definition) is 14. The van der Waals surface area contributed by atoms with Crippen LogP contribution in [0.25, 0.3) is 0 Å². The summed E-state index contributed by atoms with van der Waals surface area (Å²) < 4.78 is 0. The SMILES string of the molecule is CC[C@H](C)[C@H](NC(=O)[C@H](CCC(=O)O)NC(=O)[C@H](CO)NC(=O)[C@H](CC(C)C)NC(=O)[C@H](CCCCN)NC(=O)[C@H](CO)NC(=O)[C@H](CCCCN)NC(=O)[C@@H](N)Cc1ccccc1)C(=O)O. The van der Waals surface area contributed by atoms with Crippen LogP contribution in [0.15, 0.2) is 30.3 Å². The lowest BCUT2D eigenvalue weighted by Crippen LogP contribution is -2.61. The fourth-order valence-corrected chi connectivity index (χ4v) is 6.69. The molecule has 0 bridgehead atoms. The third-order valence-corrected chi connectivity index (χ3v) is 10.8. The van der Waals surface area contributed by atoms with E-state index in [1.807, 2.05) is 6.07 Å². The van der Waals surface area contributed by atoms with Crippen molar-refractivity contribution >= 4 is 53.3 Å². The molecule has 23 heteroatoms. The molecule has 0 radical (unpaired) electrons. The number of hydrogen-bond acceptors (Lipinski definition) is 14. The van der Waals surface area contributed by atoms with Gasteiger partial charge in [0.2, 0.25) is 41.4 Å². The van der Waals surface area contributed by atoms with Crippen LogP contribution in [-0.4, -0.2) is 148 Å². The minimum Gasteiger partial charge on any atom is -0.481 e. The summed E-state index contributed by atoms with van der Waals surface area (Å²) in [5, 5.41) is 56.4. The van der Waals surface area contributed by atoms with Crippen molar-refractivity contribution in [2.45, 2.75) is 147 Å². The lowest BCUT2D eigenvalue weighted by atomic mass is 9.98. The van der Waals surface area contributed by atoms with Crippen LogP contribution in [0.3, 0.4) is 0 Å². The minimum atomic E-state index is -1.73.